The van der Waals surface area contributed by atoms with Crippen molar-refractivity contribution in [2.75, 3.05) is 4.90 Å². The van der Waals surface area contributed by atoms with E-state index in [2.05, 4.69) is 9.97 Å². The highest BCUT2D eigenvalue weighted by molar-refractivity contribution is 6.11. The van der Waals surface area contributed by atoms with Gasteiger partial charge < -0.3 is 5.11 Å². The van der Waals surface area contributed by atoms with Gasteiger partial charge in [-0.15, -0.1) is 0 Å². The number of hydrogen-bond donors (Lipinski definition) is 1. The van der Waals surface area contributed by atoms with Crippen LogP contribution in [-0.2, 0) is 4.79 Å². The Morgan fingerprint density at radius 2 is 1.97 bits per heavy atom. The van der Waals surface area contributed by atoms with Crippen LogP contribution in [0.2, 0.25) is 0 Å². The van der Waals surface area contributed by atoms with Crippen molar-refractivity contribution in [2.45, 2.75) is 51.5 Å². The molecular weight excluding hydrogens is 378 g/mol. The molecule has 6 nitrogen and oxygen atoms in total. The van der Waals surface area contributed by atoms with Crippen molar-refractivity contribution in [3.05, 3.63) is 65.4 Å². The number of fused-ring (bicyclic) bond motifs is 2. The largest absolute Gasteiger partial charge is 0.390 e. The van der Waals surface area contributed by atoms with Crippen molar-refractivity contribution in [3.8, 4) is 0 Å². The number of nitrogens with zero attached hydrogens (tertiary/aromatic N) is 3. The van der Waals surface area contributed by atoms with Crippen LogP contribution in [0.25, 0.3) is 11.0 Å². The highest BCUT2D eigenvalue weighted by Crippen LogP contribution is 2.39. The summed E-state index contributed by atoms with van der Waals surface area (Å²) in [6.45, 7) is -8.97. The van der Waals surface area contributed by atoms with Gasteiger partial charge in [0, 0.05) is 41.8 Å². The van der Waals surface area contributed by atoms with Crippen molar-refractivity contribution in [1.82, 2.24) is 9.97 Å². The highest BCUT2D eigenvalue weighted by atomic mass is 16.3. The quantitative estimate of drug-likeness (QED) is 0.658. The fourth-order valence-electron chi connectivity index (χ4n) is 3.62. The van der Waals surface area contributed by atoms with E-state index in [1.807, 2.05) is 0 Å². The number of pyridine rings is 2. The van der Waals surface area contributed by atoms with E-state index in [1.54, 1.807) is 42.5 Å². The van der Waals surface area contributed by atoms with E-state index < -0.39 is 56.7 Å². The van der Waals surface area contributed by atoms with E-state index >= 15 is 0 Å². The summed E-state index contributed by atoms with van der Waals surface area (Å²) in [5.41, 5.74) is -2.31. The summed E-state index contributed by atoms with van der Waals surface area (Å²) in [4.78, 5) is 36.3. The number of aliphatic hydroxyl groups is 1. The highest BCUT2D eigenvalue weighted by Gasteiger charge is 2.39. The van der Waals surface area contributed by atoms with Crippen molar-refractivity contribution in [3.63, 3.8) is 0 Å². The van der Waals surface area contributed by atoms with Gasteiger partial charge in [0.2, 0.25) is 0 Å². The third-order valence-corrected chi connectivity index (χ3v) is 5.05. The van der Waals surface area contributed by atoms with Gasteiger partial charge in [-0.25, -0.2) is 9.97 Å². The summed E-state index contributed by atoms with van der Waals surface area (Å²) < 4.78 is 67.9. The number of aromatic nitrogens is 2. The molecule has 0 aliphatic carbocycles. The number of carbonyl (C=O) groups excluding carboxylic acids is 2. The Kier molecular flexibility index (Phi) is 3.02. The Bertz CT molecular complexity index is 1420. The monoisotopic (exact) mass is 412 g/mol. The smallest absolute Gasteiger partial charge is 0.260 e. The SMILES string of the molecule is [2H]C([2H])([2H])c1ccc2ccc(N3C(=O)c4ccccc4[C@@H]3CC(=O)CCC(O)(C([2H])([2H])[2H])C([2H])([2H])[2H])nc2n1. The van der Waals surface area contributed by atoms with E-state index in [0.29, 0.717) is 16.5 Å². The fourth-order valence-corrected chi connectivity index (χ4v) is 3.62. The molecule has 3 heterocycles. The molecule has 1 aromatic carbocycles. The molecule has 1 aliphatic heterocycles. The van der Waals surface area contributed by atoms with Gasteiger partial charge >= 0.3 is 0 Å². The second-order valence-corrected chi connectivity index (χ2v) is 7.29. The predicted octanol–water partition coefficient (Wildman–Crippen LogP) is 4.15. The molecule has 30 heavy (non-hydrogen) atoms. The molecule has 4 rings (SSSR count). The minimum atomic E-state index is -3.25. The standard InChI is InChI=1S/C24H25N3O3/c1-15-8-9-16-10-11-21(26-22(16)25-15)27-20(14-17(28)12-13-24(2,3)30)18-6-4-5-7-19(18)23(27)29/h4-11,20,30H,12-14H2,1-3H3/t20-/m0/s1/i1D3,2D3,3D3. The van der Waals surface area contributed by atoms with Gasteiger partial charge in [-0.1, -0.05) is 18.2 Å². The topological polar surface area (TPSA) is 83.4 Å². The lowest BCUT2D eigenvalue weighted by Crippen LogP contribution is -2.30. The first-order chi connectivity index (χ1) is 17.9. The van der Waals surface area contributed by atoms with E-state index in [0.717, 1.165) is 0 Å². The lowest BCUT2D eigenvalue weighted by molar-refractivity contribution is -0.120. The van der Waals surface area contributed by atoms with Crippen LogP contribution in [0.1, 0.15) is 73.0 Å². The summed E-state index contributed by atoms with van der Waals surface area (Å²) in [6.07, 6.45) is -1.68. The van der Waals surface area contributed by atoms with Gasteiger partial charge in [0.05, 0.1) is 11.6 Å². The van der Waals surface area contributed by atoms with Crippen molar-refractivity contribution in [1.29, 1.82) is 0 Å². The number of Topliss-reactive ketones (excluding diaryl/α,β-unsaturated/α-hetero) is 1. The Morgan fingerprint density at radius 1 is 1.17 bits per heavy atom. The average molecular weight is 413 g/mol. The van der Waals surface area contributed by atoms with Gasteiger partial charge in [0.25, 0.3) is 5.91 Å². The number of hydrogen-bond acceptors (Lipinski definition) is 5. The Balaban J connectivity index is 1.67. The normalized spacial score (nSPS) is 21.9. The van der Waals surface area contributed by atoms with Gasteiger partial charge in [-0.2, -0.15) is 0 Å². The maximum Gasteiger partial charge on any atom is 0.260 e. The number of ketones is 1. The van der Waals surface area contributed by atoms with Crippen molar-refractivity contribution >= 4 is 28.5 Å². The lowest BCUT2D eigenvalue weighted by atomic mass is 9.95. The molecule has 0 bridgehead atoms. The zero-order valence-electron chi connectivity index (χ0n) is 24.9. The Morgan fingerprint density at radius 3 is 2.77 bits per heavy atom. The predicted molar refractivity (Wildman–Crippen MR) is 115 cm³/mol. The first-order valence-corrected chi connectivity index (χ1v) is 9.39. The van der Waals surface area contributed by atoms with E-state index in [-0.39, 0.29) is 23.6 Å². The van der Waals surface area contributed by atoms with Crippen LogP contribution in [0.15, 0.2) is 48.5 Å². The number of rotatable bonds is 6. The third kappa shape index (κ3) is 3.96. The number of benzene rings is 1. The molecule has 1 amide bonds. The van der Waals surface area contributed by atoms with Crippen molar-refractivity contribution in [2.24, 2.45) is 0 Å². The average Bonchev–Trinajstić information content (AvgIpc) is 3.11. The molecule has 0 fully saturated rings. The van der Waals surface area contributed by atoms with Gasteiger partial charge in [0.1, 0.15) is 11.6 Å². The van der Waals surface area contributed by atoms with E-state index in [4.69, 9.17) is 12.3 Å². The molecule has 0 spiro atoms. The molecule has 1 N–H and O–H groups in total. The number of anilines is 1. The Labute approximate surface area is 188 Å². The molecule has 0 saturated heterocycles. The zero-order valence-corrected chi connectivity index (χ0v) is 15.9. The molecule has 0 radical (unpaired) electrons. The summed E-state index contributed by atoms with van der Waals surface area (Å²) in [5.74, 6) is -0.896. The maximum absolute atomic E-state index is 13.4. The van der Waals surface area contributed by atoms with Crippen LogP contribution in [0, 0.1) is 6.85 Å². The molecule has 1 atom stereocenters. The van der Waals surface area contributed by atoms with Crippen LogP contribution in [-0.4, -0.2) is 32.4 Å². The summed E-state index contributed by atoms with van der Waals surface area (Å²) in [5, 5.41) is 11.0. The fraction of sp³-hybridized carbons (Fsp3) is 0.333. The van der Waals surface area contributed by atoms with Gasteiger partial charge in [-0.05, 0) is 62.9 Å². The van der Waals surface area contributed by atoms with Crippen LogP contribution >= 0.6 is 0 Å². The van der Waals surface area contributed by atoms with Crippen LogP contribution in [0.5, 0.6) is 0 Å². The molecule has 0 unspecified atom stereocenters. The second kappa shape index (κ2) is 7.61. The molecule has 154 valence electrons. The van der Waals surface area contributed by atoms with Gasteiger partial charge in [-0.3, -0.25) is 14.5 Å². The molecule has 2 aromatic heterocycles. The van der Waals surface area contributed by atoms with E-state index in [9.17, 15) is 14.7 Å². The molecule has 6 heteroatoms. The number of aryl methyl sites for hydroxylation is 1. The molecule has 3 aromatic rings. The minimum Gasteiger partial charge on any atom is -0.390 e. The Hall–Kier alpha value is -3.12. The maximum atomic E-state index is 13.4. The number of amides is 1. The van der Waals surface area contributed by atoms with Crippen LogP contribution < -0.4 is 4.90 Å². The van der Waals surface area contributed by atoms with Gasteiger partial charge in [0.15, 0.2) is 5.65 Å². The van der Waals surface area contributed by atoms with Crippen LogP contribution in [0.3, 0.4) is 0 Å². The second-order valence-electron chi connectivity index (χ2n) is 7.29. The molecule has 0 saturated carbocycles. The molecule has 1 aliphatic rings. The lowest BCUT2D eigenvalue weighted by Gasteiger charge is -2.25. The summed E-state index contributed by atoms with van der Waals surface area (Å²) >= 11 is 0. The van der Waals surface area contributed by atoms with E-state index in [1.165, 1.54) is 11.0 Å². The van der Waals surface area contributed by atoms with Crippen molar-refractivity contribution < 1.29 is 27.0 Å². The van der Waals surface area contributed by atoms with Crippen LogP contribution in [0.4, 0.5) is 5.82 Å². The first-order valence-electron chi connectivity index (χ1n) is 13.9. The zero-order chi connectivity index (χ0) is 29.0. The molecular formula is C24H25N3O3. The first kappa shape index (κ1) is 11.9. The third-order valence-electron chi connectivity index (χ3n) is 5.05. The summed E-state index contributed by atoms with van der Waals surface area (Å²) in [6, 6.07) is 11.8. The minimum absolute atomic E-state index is 0.0929. The summed E-state index contributed by atoms with van der Waals surface area (Å²) in [7, 11) is 0. The number of carbonyl (C=O) groups is 2.